The van der Waals surface area contributed by atoms with Crippen LogP contribution in [0.5, 0.6) is 0 Å². The summed E-state index contributed by atoms with van der Waals surface area (Å²) in [7, 11) is 0. The number of carbonyl (C=O) groups is 1. The van der Waals surface area contributed by atoms with Gasteiger partial charge in [0.05, 0.1) is 5.75 Å². The Bertz CT molecular complexity index is 500. The molecule has 1 rings (SSSR count). The molecule has 4 nitrogen and oxygen atoms in total. The normalized spacial score (nSPS) is 8.67. The highest BCUT2D eigenvalue weighted by molar-refractivity contribution is 9.10. The van der Waals surface area contributed by atoms with E-state index in [0.29, 0.717) is 11.4 Å². The molecule has 0 radical (unpaired) electrons. The minimum absolute atomic E-state index is 0.00828. The van der Waals surface area contributed by atoms with Crippen LogP contribution in [-0.4, -0.2) is 18.5 Å². The summed E-state index contributed by atoms with van der Waals surface area (Å²) in [6.45, 7) is 0.00828. The number of nitrogens with zero attached hydrogens (tertiary/aromatic N) is 1. The molecule has 1 amide bonds. The van der Waals surface area contributed by atoms with Crippen LogP contribution < -0.4 is 5.32 Å². The second-order valence-corrected chi connectivity index (χ2v) is 4.62. The van der Waals surface area contributed by atoms with Gasteiger partial charge in [-0.2, -0.15) is 5.26 Å². The largest absolute Gasteiger partial charge is 0.436 e. The lowest BCUT2D eigenvalue weighted by atomic mass is 10.3. The molecule has 0 spiro atoms. The Balaban J connectivity index is 2.27. The van der Waals surface area contributed by atoms with Crippen LogP contribution in [-0.2, 0) is 4.74 Å². The molecule has 0 saturated carbocycles. The third-order valence-corrected chi connectivity index (χ3v) is 2.65. The molecule has 1 aromatic rings. The lowest BCUT2D eigenvalue weighted by Crippen LogP contribution is -2.13. The van der Waals surface area contributed by atoms with Gasteiger partial charge in [0, 0.05) is 10.2 Å². The summed E-state index contributed by atoms with van der Waals surface area (Å²) in [5, 5.41) is 12.7. The molecule has 18 heavy (non-hydrogen) atoms. The Labute approximate surface area is 118 Å². The molecule has 0 heterocycles. The number of thiocyanates is 1. The molecule has 0 aliphatic carbocycles. The van der Waals surface area contributed by atoms with Gasteiger partial charge in [-0.25, -0.2) is 4.79 Å². The fourth-order valence-corrected chi connectivity index (χ4v) is 1.46. The molecule has 0 unspecified atom stereocenters. The highest BCUT2D eigenvalue weighted by atomic mass is 79.9. The van der Waals surface area contributed by atoms with Crippen molar-refractivity contribution in [2.24, 2.45) is 0 Å². The van der Waals surface area contributed by atoms with Crippen LogP contribution in [0.1, 0.15) is 0 Å². The zero-order valence-corrected chi connectivity index (χ0v) is 11.7. The molecule has 0 aliphatic heterocycles. The van der Waals surface area contributed by atoms with Gasteiger partial charge in [0.15, 0.2) is 6.61 Å². The predicted octanol–water partition coefficient (Wildman–Crippen LogP) is 3.22. The second kappa shape index (κ2) is 8.46. The fourth-order valence-electron chi connectivity index (χ4n) is 0.959. The summed E-state index contributed by atoms with van der Waals surface area (Å²) >= 11 is 4.34. The smallest absolute Gasteiger partial charge is 0.412 e. The van der Waals surface area contributed by atoms with Crippen molar-refractivity contribution in [3.05, 3.63) is 28.7 Å². The van der Waals surface area contributed by atoms with Crippen LogP contribution in [0.4, 0.5) is 10.5 Å². The van der Waals surface area contributed by atoms with Crippen molar-refractivity contribution in [3.63, 3.8) is 0 Å². The maximum Gasteiger partial charge on any atom is 0.412 e. The van der Waals surface area contributed by atoms with Gasteiger partial charge in [-0.05, 0) is 36.0 Å². The van der Waals surface area contributed by atoms with Gasteiger partial charge in [0.2, 0.25) is 0 Å². The van der Waals surface area contributed by atoms with E-state index in [0.717, 1.165) is 16.2 Å². The molecule has 1 aromatic carbocycles. The molecule has 0 bridgehead atoms. The van der Waals surface area contributed by atoms with E-state index in [1.54, 1.807) is 12.1 Å². The number of hydrogen-bond donors (Lipinski definition) is 1. The number of thioether (sulfide) groups is 1. The quantitative estimate of drug-likeness (QED) is 0.527. The standard InChI is InChI=1S/C12H9BrN2O2S/c13-10-3-5-11(6-4-10)15-12(16)17-7-1-2-8-18-9-14/h3-6H,7-8H2,(H,15,16). The van der Waals surface area contributed by atoms with Crippen molar-refractivity contribution in [2.45, 2.75) is 0 Å². The Morgan fingerprint density at radius 2 is 2.11 bits per heavy atom. The van der Waals surface area contributed by atoms with Crippen LogP contribution in [0, 0.1) is 22.5 Å². The first-order valence-electron chi connectivity index (χ1n) is 4.88. The number of hydrogen-bond acceptors (Lipinski definition) is 4. The maximum absolute atomic E-state index is 11.3. The molecule has 0 aromatic heterocycles. The number of amides is 1. The Morgan fingerprint density at radius 1 is 1.39 bits per heavy atom. The summed E-state index contributed by atoms with van der Waals surface area (Å²) in [4.78, 5) is 11.3. The minimum Gasteiger partial charge on any atom is -0.436 e. The minimum atomic E-state index is -0.556. The van der Waals surface area contributed by atoms with E-state index in [-0.39, 0.29) is 6.61 Å². The van der Waals surface area contributed by atoms with Crippen molar-refractivity contribution in [2.75, 3.05) is 17.7 Å². The molecule has 1 N–H and O–H groups in total. The van der Waals surface area contributed by atoms with E-state index < -0.39 is 6.09 Å². The summed E-state index contributed by atoms with van der Waals surface area (Å²) in [5.74, 6) is 5.74. The lowest BCUT2D eigenvalue weighted by molar-refractivity contribution is 0.176. The van der Waals surface area contributed by atoms with Crippen molar-refractivity contribution < 1.29 is 9.53 Å². The van der Waals surface area contributed by atoms with Gasteiger partial charge in [-0.3, -0.25) is 5.32 Å². The topological polar surface area (TPSA) is 62.1 Å². The van der Waals surface area contributed by atoms with E-state index in [9.17, 15) is 4.79 Å². The number of benzene rings is 1. The maximum atomic E-state index is 11.3. The number of halogens is 1. The van der Waals surface area contributed by atoms with Crippen molar-refractivity contribution in [1.82, 2.24) is 0 Å². The molecule has 6 heteroatoms. The molecule has 0 saturated heterocycles. The fraction of sp³-hybridized carbons (Fsp3) is 0.167. The van der Waals surface area contributed by atoms with Crippen LogP contribution in [0.2, 0.25) is 0 Å². The van der Waals surface area contributed by atoms with Crippen molar-refractivity contribution in [1.29, 1.82) is 5.26 Å². The highest BCUT2D eigenvalue weighted by Gasteiger charge is 2.01. The molecular formula is C12H9BrN2O2S. The van der Waals surface area contributed by atoms with E-state index in [1.165, 1.54) is 0 Å². The SMILES string of the molecule is N#CSCC#CCOC(=O)Nc1ccc(Br)cc1. The summed E-state index contributed by atoms with van der Waals surface area (Å²) in [5.41, 5.74) is 0.649. The first-order chi connectivity index (χ1) is 8.72. The highest BCUT2D eigenvalue weighted by Crippen LogP contribution is 2.14. The van der Waals surface area contributed by atoms with Crippen LogP contribution in [0.3, 0.4) is 0 Å². The Morgan fingerprint density at radius 3 is 2.78 bits per heavy atom. The number of nitrogens with one attached hydrogen (secondary N) is 1. The van der Waals surface area contributed by atoms with Crippen LogP contribution in [0.25, 0.3) is 0 Å². The van der Waals surface area contributed by atoms with E-state index in [4.69, 9.17) is 10.00 Å². The van der Waals surface area contributed by atoms with E-state index in [1.807, 2.05) is 17.5 Å². The van der Waals surface area contributed by atoms with Gasteiger partial charge in [0.25, 0.3) is 0 Å². The number of rotatable bonds is 3. The number of carbonyl (C=O) groups excluding carboxylic acids is 1. The van der Waals surface area contributed by atoms with Gasteiger partial charge in [-0.1, -0.05) is 27.8 Å². The van der Waals surface area contributed by atoms with Gasteiger partial charge in [-0.15, -0.1) is 0 Å². The number of ether oxygens (including phenoxy) is 1. The van der Waals surface area contributed by atoms with Gasteiger partial charge >= 0.3 is 6.09 Å². The summed E-state index contributed by atoms with van der Waals surface area (Å²) in [6, 6.07) is 7.13. The second-order valence-electron chi connectivity index (χ2n) is 2.94. The Hall–Kier alpha value is -1.63. The summed E-state index contributed by atoms with van der Waals surface area (Å²) in [6.07, 6.45) is -0.556. The first kappa shape index (κ1) is 14.4. The van der Waals surface area contributed by atoms with Crippen LogP contribution >= 0.6 is 27.7 Å². The van der Waals surface area contributed by atoms with E-state index in [2.05, 4.69) is 33.1 Å². The van der Waals surface area contributed by atoms with Gasteiger partial charge < -0.3 is 4.74 Å². The van der Waals surface area contributed by atoms with Crippen molar-refractivity contribution >= 4 is 39.5 Å². The van der Waals surface area contributed by atoms with Gasteiger partial charge in [0.1, 0.15) is 5.40 Å². The Kier molecular flexibility index (Phi) is 6.78. The molecule has 0 fully saturated rings. The number of nitriles is 1. The third-order valence-electron chi connectivity index (χ3n) is 1.70. The zero-order chi connectivity index (χ0) is 13.2. The van der Waals surface area contributed by atoms with Crippen molar-refractivity contribution in [3.8, 4) is 17.2 Å². The third kappa shape index (κ3) is 6.19. The van der Waals surface area contributed by atoms with E-state index >= 15 is 0 Å². The lowest BCUT2D eigenvalue weighted by Gasteiger charge is -2.04. The molecule has 0 atom stereocenters. The summed E-state index contributed by atoms with van der Waals surface area (Å²) < 4.78 is 5.76. The average molecular weight is 325 g/mol. The zero-order valence-electron chi connectivity index (χ0n) is 9.27. The van der Waals surface area contributed by atoms with Crippen LogP contribution in [0.15, 0.2) is 28.7 Å². The molecule has 0 aliphatic rings. The predicted molar refractivity (Wildman–Crippen MR) is 75.0 cm³/mol. The monoisotopic (exact) mass is 324 g/mol. The first-order valence-corrected chi connectivity index (χ1v) is 6.66. The number of anilines is 1. The molecular weight excluding hydrogens is 316 g/mol. The molecule has 92 valence electrons. The average Bonchev–Trinajstić information content (AvgIpc) is 2.36.